The number of carbonyl (C=O) groups excluding carboxylic acids is 3. The lowest BCUT2D eigenvalue weighted by atomic mass is 10.2. The largest absolute Gasteiger partial charge is 0.370 e. The van der Waals surface area contributed by atoms with Crippen molar-refractivity contribution in [1.29, 1.82) is 5.26 Å². The van der Waals surface area contributed by atoms with E-state index in [2.05, 4.69) is 5.32 Å². The summed E-state index contributed by atoms with van der Waals surface area (Å²) in [6, 6.07) is 1.02. The van der Waals surface area contributed by atoms with Crippen LogP contribution in [0.5, 0.6) is 0 Å². The van der Waals surface area contributed by atoms with Gasteiger partial charge < -0.3 is 11.1 Å². The number of hydrogen-bond donors (Lipinski definition) is 3. The minimum atomic E-state index is -0.626. The van der Waals surface area contributed by atoms with Gasteiger partial charge in [-0.05, 0) is 12.8 Å². The van der Waals surface area contributed by atoms with E-state index in [1.807, 2.05) is 5.32 Å². The lowest BCUT2D eigenvalue weighted by Crippen LogP contribution is -2.39. The number of nitrogens with one attached hydrogen (secondary N) is 2. The zero-order chi connectivity index (χ0) is 13.1. The van der Waals surface area contributed by atoms with Gasteiger partial charge in [-0.25, -0.2) is 4.79 Å². The molecule has 0 fully saturated rings. The van der Waals surface area contributed by atoms with E-state index in [1.165, 1.54) is 0 Å². The molecule has 0 aromatic heterocycles. The van der Waals surface area contributed by atoms with Crippen molar-refractivity contribution in [2.75, 3.05) is 6.54 Å². The van der Waals surface area contributed by atoms with Crippen molar-refractivity contribution in [1.82, 2.24) is 10.6 Å². The first-order valence-corrected chi connectivity index (χ1v) is 5.29. The van der Waals surface area contributed by atoms with Crippen LogP contribution < -0.4 is 16.4 Å². The standard InChI is InChI=1S/C10H16N4O3/c11-6-5-9(16)14-10(17)13-7-3-1-2-4-8(12)15/h1-5,7H2,(H2,12,15)(H2,13,14,16,17). The third-order valence-corrected chi connectivity index (χ3v) is 1.88. The van der Waals surface area contributed by atoms with E-state index >= 15 is 0 Å². The monoisotopic (exact) mass is 240 g/mol. The fourth-order valence-corrected chi connectivity index (χ4v) is 1.09. The SMILES string of the molecule is N#CCC(=O)NC(=O)NCCCCCC(N)=O. The van der Waals surface area contributed by atoms with Crippen LogP contribution in [-0.2, 0) is 9.59 Å². The van der Waals surface area contributed by atoms with Crippen molar-refractivity contribution >= 4 is 17.8 Å². The van der Waals surface area contributed by atoms with Crippen LogP contribution in [0.1, 0.15) is 32.1 Å². The maximum atomic E-state index is 11.0. The zero-order valence-electron chi connectivity index (χ0n) is 9.49. The molecule has 0 atom stereocenters. The number of imide groups is 1. The smallest absolute Gasteiger partial charge is 0.321 e. The minimum Gasteiger partial charge on any atom is -0.370 e. The van der Waals surface area contributed by atoms with Crippen molar-refractivity contribution in [2.24, 2.45) is 5.73 Å². The Morgan fingerprint density at radius 2 is 1.88 bits per heavy atom. The fourth-order valence-electron chi connectivity index (χ4n) is 1.09. The summed E-state index contributed by atoms with van der Waals surface area (Å²) in [5.41, 5.74) is 4.96. The van der Waals surface area contributed by atoms with Crippen LogP contribution in [0.2, 0.25) is 0 Å². The maximum Gasteiger partial charge on any atom is 0.321 e. The highest BCUT2D eigenvalue weighted by atomic mass is 16.2. The Bertz CT molecular complexity index is 322. The van der Waals surface area contributed by atoms with E-state index in [0.717, 1.165) is 6.42 Å². The quantitative estimate of drug-likeness (QED) is 0.531. The molecular weight excluding hydrogens is 224 g/mol. The highest BCUT2D eigenvalue weighted by Crippen LogP contribution is 1.97. The van der Waals surface area contributed by atoms with E-state index in [9.17, 15) is 14.4 Å². The molecule has 17 heavy (non-hydrogen) atoms. The molecule has 0 bridgehead atoms. The van der Waals surface area contributed by atoms with Gasteiger partial charge in [0.05, 0.1) is 6.07 Å². The first-order valence-electron chi connectivity index (χ1n) is 5.29. The van der Waals surface area contributed by atoms with Crippen LogP contribution >= 0.6 is 0 Å². The number of carbonyl (C=O) groups is 3. The van der Waals surface area contributed by atoms with Gasteiger partial charge in [0.25, 0.3) is 0 Å². The van der Waals surface area contributed by atoms with Gasteiger partial charge in [0.1, 0.15) is 6.42 Å². The summed E-state index contributed by atoms with van der Waals surface area (Å²) in [6.45, 7) is 0.407. The predicted octanol–water partition coefficient (Wildman–Crippen LogP) is -0.228. The number of nitrogens with two attached hydrogens (primary N) is 1. The molecule has 0 aliphatic rings. The fraction of sp³-hybridized carbons (Fsp3) is 0.600. The number of urea groups is 1. The summed E-state index contributed by atoms with van der Waals surface area (Å²) >= 11 is 0. The second kappa shape index (κ2) is 9.15. The lowest BCUT2D eigenvalue weighted by Gasteiger charge is -2.04. The highest BCUT2D eigenvalue weighted by Gasteiger charge is 2.05. The molecule has 0 aromatic rings. The summed E-state index contributed by atoms with van der Waals surface area (Å²) in [7, 11) is 0. The van der Waals surface area contributed by atoms with Crippen LogP contribution in [0.25, 0.3) is 0 Å². The van der Waals surface area contributed by atoms with Crippen LogP contribution in [0.15, 0.2) is 0 Å². The highest BCUT2D eigenvalue weighted by molar-refractivity contribution is 5.95. The number of unbranched alkanes of at least 4 members (excludes halogenated alkanes) is 2. The Kier molecular flexibility index (Phi) is 8.02. The number of nitrogens with zero attached hydrogens (tertiary/aromatic N) is 1. The number of primary amides is 1. The Morgan fingerprint density at radius 3 is 2.47 bits per heavy atom. The molecule has 0 aromatic carbocycles. The molecule has 0 aliphatic heterocycles. The van der Waals surface area contributed by atoms with Crippen molar-refractivity contribution in [3.8, 4) is 6.07 Å². The molecule has 7 nitrogen and oxygen atoms in total. The summed E-state index contributed by atoms with van der Waals surface area (Å²) in [5, 5.41) is 12.7. The third-order valence-electron chi connectivity index (χ3n) is 1.88. The average Bonchev–Trinajstić information content (AvgIpc) is 2.23. The van der Waals surface area contributed by atoms with Crippen LogP contribution in [0.4, 0.5) is 4.79 Å². The van der Waals surface area contributed by atoms with Gasteiger partial charge in [0, 0.05) is 13.0 Å². The van der Waals surface area contributed by atoms with Crippen LogP contribution in [-0.4, -0.2) is 24.4 Å². The molecule has 7 heteroatoms. The van der Waals surface area contributed by atoms with Crippen molar-refractivity contribution < 1.29 is 14.4 Å². The maximum absolute atomic E-state index is 11.0. The molecule has 0 aliphatic carbocycles. The molecule has 0 spiro atoms. The normalized spacial score (nSPS) is 9.12. The molecule has 0 unspecified atom stereocenters. The Balaban J connectivity index is 3.43. The van der Waals surface area contributed by atoms with Gasteiger partial charge in [-0.15, -0.1) is 0 Å². The van der Waals surface area contributed by atoms with Crippen molar-refractivity contribution in [3.63, 3.8) is 0 Å². The number of hydrogen-bond acceptors (Lipinski definition) is 4. The molecule has 94 valence electrons. The summed E-state index contributed by atoms with van der Waals surface area (Å²) in [4.78, 5) is 32.3. The second-order valence-corrected chi connectivity index (χ2v) is 3.42. The first kappa shape index (κ1) is 14.9. The molecule has 0 heterocycles. The summed E-state index contributed by atoms with van der Waals surface area (Å²) in [5.74, 6) is -0.962. The average molecular weight is 240 g/mol. The van der Waals surface area contributed by atoms with E-state index in [4.69, 9.17) is 11.0 Å². The Labute approximate surface area is 99.3 Å². The minimum absolute atomic E-state index is 0.335. The first-order chi connectivity index (χ1) is 8.06. The zero-order valence-corrected chi connectivity index (χ0v) is 9.49. The summed E-state index contributed by atoms with van der Waals surface area (Å²) in [6.07, 6.45) is 2.16. The Hall–Kier alpha value is -2.10. The Morgan fingerprint density at radius 1 is 1.18 bits per heavy atom. The van der Waals surface area contributed by atoms with E-state index in [0.29, 0.717) is 25.8 Å². The molecule has 4 N–H and O–H groups in total. The lowest BCUT2D eigenvalue weighted by molar-refractivity contribution is -0.119. The second-order valence-electron chi connectivity index (χ2n) is 3.42. The number of nitriles is 1. The van der Waals surface area contributed by atoms with Gasteiger partial charge in [-0.2, -0.15) is 5.26 Å². The van der Waals surface area contributed by atoms with Crippen molar-refractivity contribution in [2.45, 2.75) is 32.1 Å². The molecule has 0 saturated heterocycles. The van der Waals surface area contributed by atoms with Gasteiger partial charge in [0.2, 0.25) is 11.8 Å². The van der Waals surface area contributed by atoms with Gasteiger partial charge >= 0.3 is 6.03 Å². The topological polar surface area (TPSA) is 125 Å². The van der Waals surface area contributed by atoms with E-state index < -0.39 is 11.9 Å². The summed E-state index contributed by atoms with van der Waals surface area (Å²) < 4.78 is 0. The van der Waals surface area contributed by atoms with Crippen molar-refractivity contribution in [3.05, 3.63) is 0 Å². The van der Waals surface area contributed by atoms with E-state index in [1.54, 1.807) is 6.07 Å². The molecule has 0 radical (unpaired) electrons. The molecular formula is C10H16N4O3. The number of amides is 4. The van der Waals surface area contributed by atoms with Gasteiger partial charge in [-0.1, -0.05) is 6.42 Å². The molecule has 0 saturated carbocycles. The molecule has 0 rings (SSSR count). The third kappa shape index (κ3) is 10.2. The predicted molar refractivity (Wildman–Crippen MR) is 59.4 cm³/mol. The van der Waals surface area contributed by atoms with Gasteiger partial charge in [0.15, 0.2) is 0 Å². The van der Waals surface area contributed by atoms with Gasteiger partial charge in [-0.3, -0.25) is 14.9 Å². The van der Waals surface area contributed by atoms with Crippen LogP contribution in [0.3, 0.4) is 0 Å². The number of rotatable bonds is 7. The molecule has 4 amide bonds. The van der Waals surface area contributed by atoms with Crippen LogP contribution in [0, 0.1) is 11.3 Å². The van der Waals surface area contributed by atoms with E-state index in [-0.39, 0.29) is 12.3 Å².